The summed E-state index contributed by atoms with van der Waals surface area (Å²) in [4.78, 5) is 2.58. The molecule has 2 heteroatoms. The summed E-state index contributed by atoms with van der Waals surface area (Å²) < 4.78 is 0. The Morgan fingerprint density at radius 2 is 1.95 bits per heavy atom. The van der Waals surface area contributed by atoms with Crippen LogP contribution in [0.4, 0.5) is 0 Å². The molecule has 2 nitrogen and oxygen atoms in total. The fourth-order valence-electron chi connectivity index (χ4n) is 3.36. The quantitative estimate of drug-likeness (QED) is 0.856. The Balaban J connectivity index is 1.95. The molecule has 3 unspecified atom stereocenters. The molecule has 0 radical (unpaired) electrons. The van der Waals surface area contributed by atoms with E-state index in [9.17, 15) is 0 Å². The summed E-state index contributed by atoms with van der Waals surface area (Å²) in [5.74, 6) is 0.886. The third-order valence-electron chi connectivity index (χ3n) is 4.88. The van der Waals surface area contributed by atoms with E-state index in [0.29, 0.717) is 6.04 Å². The van der Waals surface area contributed by atoms with Gasteiger partial charge in [0.1, 0.15) is 0 Å². The minimum Gasteiger partial charge on any atom is -0.323 e. The van der Waals surface area contributed by atoms with Crippen LogP contribution in [-0.4, -0.2) is 24.0 Å². The smallest absolute Gasteiger partial charge is 0.0450 e. The van der Waals surface area contributed by atoms with E-state index in [1.165, 1.54) is 43.5 Å². The highest BCUT2D eigenvalue weighted by Gasteiger charge is 2.28. The summed E-state index contributed by atoms with van der Waals surface area (Å²) in [7, 11) is 0. The third kappa shape index (κ3) is 3.62. The number of rotatable bonds is 6. The van der Waals surface area contributed by atoms with Gasteiger partial charge >= 0.3 is 0 Å². The number of nitrogens with two attached hydrogens (primary N) is 1. The fraction of sp³-hybridized carbons (Fsp3) is 0.667. The summed E-state index contributed by atoms with van der Waals surface area (Å²) in [6.45, 7) is 9.21. The van der Waals surface area contributed by atoms with Gasteiger partial charge in [-0.1, -0.05) is 44.5 Å². The Hall–Kier alpha value is -0.860. The van der Waals surface area contributed by atoms with Crippen LogP contribution in [0.15, 0.2) is 24.3 Å². The lowest BCUT2D eigenvalue weighted by atomic mass is 9.98. The maximum Gasteiger partial charge on any atom is 0.0450 e. The van der Waals surface area contributed by atoms with Crippen LogP contribution in [0.1, 0.15) is 57.2 Å². The number of likely N-dealkylation sites (tertiary alicyclic amines) is 1. The lowest BCUT2D eigenvalue weighted by Gasteiger charge is -2.30. The van der Waals surface area contributed by atoms with E-state index >= 15 is 0 Å². The van der Waals surface area contributed by atoms with Crippen molar-refractivity contribution in [1.29, 1.82) is 0 Å². The van der Waals surface area contributed by atoms with Crippen molar-refractivity contribution in [2.75, 3.05) is 13.1 Å². The predicted molar refractivity (Wildman–Crippen MR) is 86.8 cm³/mol. The predicted octanol–water partition coefficient (Wildman–Crippen LogP) is 3.76. The van der Waals surface area contributed by atoms with Gasteiger partial charge in [0.15, 0.2) is 0 Å². The zero-order valence-corrected chi connectivity index (χ0v) is 13.3. The average molecular weight is 274 g/mol. The van der Waals surface area contributed by atoms with Crippen LogP contribution in [0, 0.1) is 5.92 Å². The second kappa shape index (κ2) is 7.24. The molecule has 20 heavy (non-hydrogen) atoms. The highest BCUT2D eigenvalue weighted by Crippen LogP contribution is 2.27. The monoisotopic (exact) mass is 274 g/mol. The lowest BCUT2D eigenvalue weighted by Crippen LogP contribution is -2.39. The van der Waals surface area contributed by atoms with Gasteiger partial charge in [0, 0.05) is 18.6 Å². The van der Waals surface area contributed by atoms with Gasteiger partial charge in [-0.05, 0) is 49.8 Å². The first-order valence-corrected chi connectivity index (χ1v) is 8.24. The highest BCUT2D eigenvalue weighted by atomic mass is 15.2. The summed E-state index contributed by atoms with van der Waals surface area (Å²) in [5.41, 5.74) is 9.15. The fourth-order valence-corrected chi connectivity index (χ4v) is 3.36. The molecular weight excluding hydrogens is 244 g/mol. The van der Waals surface area contributed by atoms with Crippen molar-refractivity contribution >= 4 is 0 Å². The Bertz CT molecular complexity index is 398. The lowest BCUT2D eigenvalue weighted by molar-refractivity contribution is 0.218. The van der Waals surface area contributed by atoms with Crippen LogP contribution >= 0.6 is 0 Å². The SMILES string of the molecule is CCCC1CCN(C(C)C(N)c2ccc(CC)cc2)C1. The highest BCUT2D eigenvalue weighted by molar-refractivity contribution is 5.25. The van der Waals surface area contributed by atoms with Crippen molar-refractivity contribution < 1.29 is 0 Å². The first-order chi connectivity index (χ1) is 9.65. The molecule has 1 heterocycles. The number of hydrogen-bond acceptors (Lipinski definition) is 2. The number of nitrogens with zero attached hydrogens (tertiary/aromatic N) is 1. The van der Waals surface area contributed by atoms with Crippen molar-refractivity contribution in [3.63, 3.8) is 0 Å². The number of benzene rings is 1. The molecule has 1 fully saturated rings. The van der Waals surface area contributed by atoms with Gasteiger partial charge in [-0.3, -0.25) is 4.90 Å². The molecule has 3 atom stereocenters. The van der Waals surface area contributed by atoms with E-state index in [1.807, 2.05) is 0 Å². The van der Waals surface area contributed by atoms with Crippen LogP contribution < -0.4 is 5.73 Å². The maximum atomic E-state index is 6.49. The van der Waals surface area contributed by atoms with E-state index < -0.39 is 0 Å². The summed E-state index contributed by atoms with van der Waals surface area (Å²) >= 11 is 0. The van der Waals surface area contributed by atoms with Crippen molar-refractivity contribution in [3.05, 3.63) is 35.4 Å². The van der Waals surface area contributed by atoms with Crippen LogP contribution in [0.2, 0.25) is 0 Å². The molecule has 1 aliphatic heterocycles. The molecule has 0 bridgehead atoms. The molecule has 2 rings (SSSR count). The van der Waals surface area contributed by atoms with Crippen LogP contribution in [0.3, 0.4) is 0 Å². The van der Waals surface area contributed by atoms with Crippen molar-refractivity contribution in [2.24, 2.45) is 11.7 Å². The second-order valence-electron chi connectivity index (χ2n) is 6.30. The largest absolute Gasteiger partial charge is 0.323 e. The molecule has 1 aliphatic rings. The van der Waals surface area contributed by atoms with Gasteiger partial charge < -0.3 is 5.73 Å². The van der Waals surface area contributed by atoms with Gasteiger partial charge in [0.25, 0.3) is 0 Å². The Kier molecular flexibility index (Phi) is 5.62. The van der Waals surface area contributed by atoms with Crippen LogP contribution in [0.25, 0.3) is 0 Å². The minimum absolute atomic E-state index is 0.126. The van der Waals surface area contributed by atoms with E-state index in [0.717, 1.165) is 12.3 Å². The second-order valence-corrected chi connectivity index (χ2v) is 6.30. The molecule has 1 aromatic rings. The van der Waals surface area contributed by atoms with Gasteiger partial charge in [0.05, 0.1) is 0 Å². The summed E-state index contributed by atoms with van der Waals surface area (Å²) in [6, 6.07) is 9.40. The summed E-state index contributed by atoms with van der Waals surface area (Å²) in [5, 5.41) is 0. The number of aryl methyl sites for hydroxylation is 1. The molecule has 0 aromatic heterocycles. The molecule has 0 saturated carbocycles. The van der Waals surface area contributed by atoms with E-state index in [2.05, 4.69) is 49.9 Å². The van der Waals surface area contributed by atoms with E-state index in [1.54, 1.807) is 0 Å². The van der Waals surface area contributed by atoms with Crippen molar-refractivity contribution in [2.45, 2.75) is 58.5 Å². The first-order valence-electron chi connectivity index (χ1n) is 8.24. The minimum atomic E-state index is 0.126. The number of hydrogen-bond donors (Lipinski definition) is 1. The van der Waals surface area contributed by atoms with Crippen LogP contribution in [0.5, 0.6) is 0 Å². The zero-order chi connectivity index (χ0) is 14.5. The first kappa shape index (κ1) is 15.5. The molecule has 0 spiro atoms. The molecule has 1 saturated heterocycles. The molecule has 0 aliphatic carbocycles. The molecule has 112 valence electrons. The topological polar surface area (TPSA) is 29.3 Å². The molecule has 2 N–H and O–H groups in total. The molecule has 0 amide bonds. The Morgan fingerprint density at radius 3 is 2.55 bits per heavy atom. The molecule has 1 aromatic carbocycles. The Morgan fingerprint density at radius 1 is 1.25 bits per heavy atom. The standard InChI is InChI=1S/C18H30N2/c1-4-6-16-11-12-20(13-16)14(3)18(19)17-9-7-15(5-2)8-10-17/h7-10,14,16,18H,4-6,11-13,19H2,1-3H3. The third-order valence-corrected chi connectivity index (χ3v) is 4.88. The Labute approximate surface area is 124 Å². The molecular formula is C18H30N2. The zero-order valence-electron chi connectivity index (χ0n) is 13.3. The van der Waals surface area contributed by atoms with Crippen LogP contribution in [-0.2, 0) is 6.42 Å². The normalized spacial score (nSPS) is 22.9. The van der Waals surface area contributed by atoms with E-state index in [-0.39, 0.29) is 6.04 Å². The van der Waals surface area contributed by atoms with Gasteiger partial charge in [-0.15, -0.1) is 0 Å². The van der Waals surface area contributed by atoms with Gasteiger partial charge in [0.2, 0.25) is 0 Å². The average Bonchev–Trinajstić information content (AvgIpc) is 2.95. The summed E-state index contributed by atoms with van der Waals surface area (Å²) in [6.07, 6.45) is 5.11. The van der Waals surface area contributed by atoms with Gasteiger partial charge in [-0.2, -0.15) is 0 Å². The van der Waals surface area contributed by atoms with E-state index in [4.69, 9.17) is 5.73 Å². The van der Waals surface area contributed by atoms with Crippen molar-refractivity contribution in [3.8, 4) is 0 Å². The maximum absolute atomic E-state index is 6.49. The van der Waals surface area contributed by atoms with Crippen molar-refractivity contribution in [1.82, 2.24) is 4.90 Å². The van der Waals surface area contributed by atoms with Gasteiger partial charge in [-0.25, -0.2) is 0 Å².